The molecule has 1 fully saturated rings. The summed E-state index contributed by atoms with van der Waals surface area (Å²) in [5.41, 5.74) is 3.45. The number of hydrogen-bond acceptors (Lipinski definition) is 6. The number of carbonyl (C=O) groups is 1. The van der Waals surface area contributed by atoms with E-state index in [-0.39, 0.29) is 22.8 Å². The van der Waals surface area contributed by atoms with Crippen LogP contribution in [0.1, 0.15) is 28.2 Å². The van der Waals surface area contributed by atoms with Gasteiger partial charge in [0.15, 0.2) is 11.4 Å². The van der Waals surface area contributed by atoms with Crippen molar-refractivity contribution in [2.45, 2.75) is 30.9 Å². The van der Waals surface area contributed by atoms with Crippen LogP contribution in [0.5, 0.6) is 0 Å². The number of aromatic nitrogens is 2. The third kappa shape index (κ3) is 3.09. The maximum absolute atomic E-state index is 14.6. The van der Waals surface area contributed by atoms with Crippen LogP contribution in [-0.4, -0.2) is 34.3 Å². The number of carbonyl (C=O) groups excluding carboxylic acids is 1. The molecule has 2 heterocycles. The first-order chi connectivity index (χ1) is 13.3. The second kappa shape index (κ2) is 6.73. The van der Waals surface area contributed by atoms with Crippen molar-refractivity contribution in [1.29, 1.82) is 0 Å². The number of amidine groups is 1. The number of halogens is 4. The van der Waals surface area contributed by atoms with E-state index in [2.05, 4.69) is 15.0 Å². The number of aliphatic imine (C=N–C) groups is 1. The molecule has 3 atom stereocenters. The van der Waals surface area contributed by atoms with E-state index in [9.17, 15) is 18.0 Å². The summed E-state index contributed by atoms with van der Waals surface area (Å²) >= 11 is 5.69. The van der Waals surface area contributed by atoms with Crippen LogP contribution >= 0.6 is 11.6 Å². The Bertz CT molecular complexity index is 970. The van der Waals surface area contributed by atoms with E-state index in [0.29, 0.717) is 12.0 Å². The van der Waals surface area contributed by atoms with E-state index < -0.39 is 41.6 Å². The molecule has 0 unspecified atom stereocenters. The van der Waals surface area contributed by atoms with E-state index in [1.165, 1.54) is 24.5 Å². The molecule has 1 aliphatic heterocycles. The minimum Gasteiger partial charge on any atom is -0.462 e. The van der Waals surface area contributed by atoms with Gasteiger partial charge in [-0.15, -0.1) is 0 Å². The first-order valence-corrected chi connectivity index (χ1v) is 8.79. The van der Waals surface area contributed by atoms with Gasteiger partial charge in [-0.05, 0) is 24.1 Å². The van der Waals surface area contributed by atoms with Crippen molar-refractivity contribution in [3.8, 4) is 0 Å². The number of fused-ring (bicyclic) bond motifs is 1. The van der Waals surface area contributed by atoms with Crippen LogP contribution in [-0.2, 0) is 16.7 Å². The molecule has 2 N–H and O–H groups in total. The summed E-state index contributed by atoms with van der Waals surface area (Å²) in [4.78, 5) is 23.8. The molecule has 28 heavy (non-hydrogen) atoms. The van der Waals surface area contributed by atoms with Crippen LogP contribution in [0.15, 0.2) is 35.6 Å². The molecule has 0 bridgehead atoms. The van der Waals surface area contributed by atoms with Crippen LogP contribution in [0.4, 0.5) is 13.2 Å². The molecule has 1 aromatic carbocycles. The minimum absolute atomic E-state index is 0.0746. The second-order valence-electron chi connectivity index (χ2n) is 6.71. The molecule has 6 nitrogen and oxygen atoms in total. The van der Waals surface area contributed by atoms with Gasteiger partial charge in [0.05, 0.1) is 5.02 Å². The van der Waals surface area contributed by atoms with Crippen molar-refractivity contribution in [2.24, 2.45) is 16.6 Å². The van der Waals surface area contributed by atoms with Crippen LogP contribution in [0.2, 0.25) is 5.02 Å². The molecule has 0 amide bonds. The molecule has 1 aromatic heterocycles. The molecular formula is C18H14ClF3N4O2. The maximum atomic E-state index is 14.6. The molecule has 146 valence electrons. The first kappa shape index (κ1) is 18.7. The summed E-state index contributed by atoms with van der Waals surface area (Å²) in [6.07, 6.45) is -0.857. The van der Waals surface area contributed by atoms with Crippen molar-refractivity contribution in [3.05, 3.63) is 58.4 Å². The van der Waals surface area contributed by atoms with Gasteiger partial charge in [-0.2, -0.15) is 0 Å². The van der Waals surface area contributed by atoms with E-state index in [1.807, 2.05) is 0 Å². The van der Waals surface area contributed by atoms with Gasteiger partial charge in [0.2, 0.25) is 5.78 Å². The van der Waals surface area contributed by atoms with Gasteiger partial charge >= 0.3 is 0 Å². The van der Waals surface area contributed by atoms with Gasteiger partial charge in [-0.3, -0.25) is 4.79 Å². The van der Waals surface area contributed by atoms with E-state index in [1.54, 1.807) is 0 Å². The number of benzene rings is 1. The van der Waals surface area contributed by atoms with Gasteiger partial charge in [0.1, 0.15) is 11.9 Å². The average molecular weight is 411 g/mol. The molecule has 0 saturated heterocycles. The largest absolute Gasteiger partial charge is 0.462 e. The number of ketones is 1. The Morgan fingerprint density at radius 3 is 2.75 bits per heavy atom. The molecule has 2 aliphatic rings. The van der Waals surface area contributed by atoms with Gasteiger partial charge < -0.3 is 10.5 Å². The Kier molecular flexibility index (Phi) is 4.49. The summed E-state index contributed by atoms with van der Waals surface area (Å²) < 4.78 is 48.0. The third-order valence-corrected chi connectivity index (χ3v) is 5.09. The number of nitrogens with two attached hydrogens (primary N) is 1. The van der Waals surface area contributed by atoms with Crippen LogP contribution in [0, 0.1) is 11.7 Å². The highest BCUT2D eigenvalue weighted by atomic mass is 35.5. The highest BCUT2D eigenvalue weighted by molar-refractivity contribution is 6.30. The number of hydrogen-bond donors (Lipinski definition) is 1. The quantitative estimate of drug-likeness (QED) is 0.765. The zero-order valence-electron chi connectivity index (χ0n) is 14.3. The van der Waals surface area contributed by atoms with Crippen molar-refractivity contribution in [2.75, 3.05) is 0 Å². The average Bonchev–Trinajstić information content (AvgIpc) is 3.42. The summed E-state index contributed by atoms with van der Waals surface area (Å²) in [7, 11) is 0. The van der Waals surface area contributed by atoms with Crippen LogP contribution in [0.3, 0.4) is 0 Å². The smallest absolute Gasteiger partial charge is 0.283 e. The predicted octanol–water partition coefficient (Wildman–Crippen LogP) is 2.89. The number of ether oxygens (including phenoxy) is 1. The van der Waals surface area contributed by atoms with E-state index in [4.69, 9.17) is 22.1 Å². The monoisotopic (exact) mass is 410 g/mol. The van der Waals surface area contributed by atoms with Gasteiger partial charge in [0.25, 0.3) is 12.4 Å². The highest BCUT2D eigenvalue weighted by Crippen LogP contribution is 2.56. The van der Waals surface area contributed by atoms with E-state index >= 15 is 0 Å². The fourth-order valence-electron chi connectivity index (χ4n) is 3.51. The number of alkyl halides is 2. The Morgan fingerprint density at radius 1 is 1.36 bits per heavy atom. The topological polar surface area (TPSA) is 90.5 Å². The molecule has 4 rings (SSSR count). The van der Waals surface area contributed by atoms with Crippen LogP contribution in [0.25, 0.3) is 0 Å². The standard InChI is InChI=1S/C18H14ClF3N4O2/c19-9-6-24-15(25-7-9)13(27)4-8-1-2-12(20)10(3-8)18(16(21)22)11-5-14(11)28-17(23)26-18/h1-3,6-7,11,14,16H,4-5H2,(H2,23,26)/t11-,14+,18+/m0/s1. The Hall–Kier alpha value is -2.68. The summed E-state index contributed by atoms with van der Waals surface area (Å²) in [6, 6.07) is 3.23. The molecule has 1 aliphatic carbocycles. The zero-order chi connectivity index (χ0) is 20.1. The molecule has 2 aromatic rings. The number of rotatable bonds is 5. The lowest BCUT2D eigenvalue weighted by atomic mass is 9.83. The van der Waals surface area contributed by atoms with Crippen molar-refractivity contribution in [1.82, 2.24) is 9.97 Å². The second-order valence-corrected chi connectivity index (χ2v) is 7.15. The van der Waals surface area contributed by atoms with Crippen molar-refractivity contribution < 1.29 is 22.7 Å². The fourth-order valence-corrected chi connectivity index (χ4v) is 3.61. The lowest BCUT2D eigenvalue weighted by Crippen LogP contribution is -2.43. The maximum Gasteiger partial charge on any atom is 0.283 e. The molecule has 0 spiro atoms. The molecule has 0 radical (unpaired) electrons. The van der Waals surface area contributed by atoms with Gasteiger partial charge in [-0.1, -0.05) is 17.7 Å². The van der Waals surface area contributed by atoms with Gasteiger partial charge in [0, 0.05) is 30.3 Å². The van der Waals surface area contributed by atoms with E-state index in [0.717, 1.165) is 6.07 Å². The van der Waals surface area contributed by atoms with Crippen molar-refractivity contribution >= 4 is 23.4 Å². The molecule has 1 saturated carbocycles. The molecular weight excluding hydrogens is 397 g/mol. The lowest BCUT2D eigenvalue weighted by molar-refractivity contribution is 0.0176. The highest BCUT2D eigenvalue weighted by Gasteiger charge is 2.64. The Balaban J connectivity index is 1.70. The normalized spacial score (nSPS) is 25.7. The summed E-state index contributed by atoms with van der Waals surface area (Å²) in [5.74, 6) is -2.06. The van der Waals surface area contributed by atoms with Crippen LogP contribution < -0.4 is 5.73 Å². The molecule has 10 heteroatoms. The number of Topliss-reactive ketones (excluding diaryl/α,β-unsaturated/α-hetero) is 1. The Morgan fingerprint density at radius 2 is 2.07 bits per heavy atom. The van der Waals surface area contributed by atoms with Crippen molar-refractivity contribution in [3.63, 3.8) is 0 Å². The predicted molar refractivity (Wildman–Crippen MR) is 93.8 cm³/mol. The summed E-state index contributed by atoms with van der Waals surface area (Å²) in [5, 5.41) is 0.272. The number of nitrogens with zero attached hydrogens (tertiary/aromatic N) is 3. The summed E-state index contributed by atoms with van der Waals surface area (Å²) in [6.45, 7) is 0. The third-order valence-electron chi connectivity index (χ3n) is 4.89. The fraction of sp³-hybridized carbons (Fsp3) is 0.333. The minimum atomic E-state index is -3.00. The lowest BCUT2D eigenvalue weighted by Gasteiger charge is -2.33. The first-order valence-electron chi connectivity index (χ1n) is 8.41. The SMILES string of the molecule is NC1=N[C@@](c2cc(CC(=O)c3ncc(Cl)cn3)ccc2F)(C(F)F)[C@H]2C[C@H]2O1. The zero-order valence-corrected chi connectivity index (χ0v) is 15.0. The Labute approximate surface area is 162 Å². The van der Waals surface area contributed by atoms with Gasteiger partial charge in [-0.25, -0.2) is 28.1 Å².